The van der Waals surface area contributed by atoms with Crippen molar-refractivity contribution in [3.63, 3.8) is 0 Å². The van der Waals surface area contributed by atoms with Gasteiger partial charge in [0.2, 0.25) is 0 Å². The zero-order valence-electron chi connectivity index (χ0n) is 14.8. The molecule has 7 heteroatoms. The lowest BCUT2D eigenvalue weighted by molar-refractivity contribution is -0.385. The number of nitrogens with one attached hydrogen (secondary N) is 1. The van der Waals surface area contributed by atoms with E-state index in [0.717, 1.165) is 19.3 Å². The Morgan fingerprint density at radius 2 is 2.04 bits per heavy atom. The first-order chi connectivity index (χ1) is 11.8. The molecule has 0 spiro atoms. The smallest absolute Gasteiger partial charge is 0.339 e. The number of nitro benzene ring substituents is 1. The fourth-order valence-corrected chi connectivity index (χ4v) is 3.29. The van der Waals surface area contributed by atoms with Crippen LogP contribution < -0.4 is 5.32 Å². The normalized spacial score (nSPS) is 22.9. The van der Waals surface area contributed by atoms with E-state index in [0.29, 0.717) is 11.8 Å². The van der Waals surface area contributed by atoms with E-state index in [-0.39, 0.29) is 28.8 Å². The Labute approximate surface area is 146 Å². The summed E-state index contributed by atoms with van der Waals surface area (Å²) >= 11 is 0. The van der Waals surface area contributed by atoms with E-state index in [1.54, 1.807) is 0 Å². The van der Waals surface area contributed by atoms with E-state index >= 15 is 0 Å². The van der Waals surface area contributed by atoms with Crippen molar-refractivity contribution in [2.45, 2.75) is 46.1 Å². The first-order valence-corrected chi connectivity index (χ1v) is 8.51. The van der Waals surface area contributed by atoms with Gasteiger partial charge in [-0.15, -0.1) is 0 Å². The van der Waals surface area contributed by atoms with Gasteiger partial charge in [-0.25, -0.2) is 4.79 Å². The molecule has 1 aliphatic carbocycles. The number of carbonyl (C=O) groups is 2. The van der Waals surface area contributed by atoms with Gasteiger partial charge in [0.1, 0.15) is 0 Å². The van der Waals surface area contributed by atoms with E-state index in [1.807, 2.05) is 0 Å². The Balaban J connectivity index is 1.93. The maximum absolute atomic E-state index is 12.1. The van der Waals surface area contributed by atoms with Crippen LogP contribution in [0.4, 0.5) is 5.69 Å². The van der Waals surface area contributed by atoms with Crippen molar-refractivity contribution in [3.05, 3.63) is 39.4 Å². The highest BCUT2D eigenvalue weighted by atomic mass is 16.6. The number of amides is 1. The highest BCUT2D eigenvalue weighted by Crippen LogP contribution is 2.29. The SMILES string of the molecule is Cc1c(C(=O)OCC(=O)N[C@@H]2CCC[C@H](C)[C@@H]2C)cccc1[N+](=O)[O-]. The van der Waals surface area contributed by atoms with Gasteiger partial charge in [-0.05, 0) is 31.2 Å². The molecule has 0 heterocycles. The molecule has 0 unspecified atom stereocenters. The fraction of sp³-hybridized carbons (Fsp3) is 0.556. The van der Waals surface area contributed by atoms with E-state index in [9.17, 15) is 19.7 Å². The Morgan fingerprint density at radius 3 is 2.72 bits per heavy atom. The molecule has 3 atom stereocenters. The molecule has 1 amide bonds. The Hall–Kier alpha value is -2.44. The summed E-state index contributed by atoms with van der Waals surface area (Å²) in [6.07, 6.45) is 3.16. The van der Waals surface area contributed by atoms with Gasteiger partial charge >= 0.3 is 5.97 Å². The molecule has 1 N–H and O–H groups in total. The minimum atomic E-state index is -0.735. The molecule has 0 radical (unpaired) electrons. The molecule has 0 saturated heterocycles. The minimum absolute atomic E-state index is 0.0921. The fourth-order valence-electron chi connectivity index (χ4n) is 3.29. The molecule has 7 nitrogen and oxygen atoms in total. The summed E-state index contributed by atoms with van der Waals surface area (Å²) in [5, 5.41) is 13.9. The summed E-state index contributed by atoms with van der Waals surface area (Å²) in [6.45, 7) is 5.39. The number of carbonyl (C=O) groups excluding carboxylic acids is 2. The van der Waals surface area contributed by atoms with Crippen molar-refractivity contribution in [1.29, 1.82) is 0 Å². The van der Waals surface area contributed by atoms with Crippen LogP contribution in [0.25, 0.3) is 0 Å². The summed E-state index contributed by atoms with van der Waals surface area (Å²) in [5.74, 6) is -0.148. The average molecular weight is 348 g/mol. The summed E-state index contributed by atoms with van der Waals surface area (Å²) in [5.41, 5.74) is 0.179. The predicted molar refractivity (Wildman–Crippen MR) is 92.2 cm³/mol. The predicted octanol–water partition coefficient (Wildman–Crippen LogP) is 3.00. The number of ether oxygens (including phenoxy) is 1. The Kier molecular flexibility index (Phi) is 6.12. The van der Waals surface area contributed by atoms with Crippen molar-refractivity contribution < 1.29 is 19.2 Å². The maximum atomic E-state index is 12.1. The van der Waals surface area contributed by atoms with Crippen LogP contribution in [0, 0.1) is 28.9 Å². The number of hydrogen-bond donors (Lipinski definition) is 1. The number of esters is 1. The second-order valence-electron chi connectivity index (χ2n) is 6.72. The topological polar surface area (TPSA) is 98.5 Å². The van der Waals surface area contributed by atoms with Gasteiger partial charge in [0.25, 0.3) is 11.6 Å². The lowest BCUT2D eigenvalue weighted by Gasteiger charge is -2.34. The summed E-state index contributed by atoms with van der Waals surface area (Å²) in [6, 6.07) is 4.29. The third kappa shape index (κ3) is 4.55. The van der Waals surface area contributed by atoms with Crippen LogP contribution in [0.3, 0.4) is 0 Å². The summed E-state index contributed by atoms with van der Waals surface area (Å²) < 4.78 is 5.04. The highest BCUT2D eigenvalue weighted by molar-refractivity contribution is 5.93. The van der Waals surface area contributed by atoms with E-state index in [4.69, 9.17) is 4.74 Å². The average Bonchev–Trinajstić information content (AvgIpc) is 2.57. The molecule has 2 rings (SSSR count). The number of nitro groups is 1. The number of benzene rings is 1. The van der Waals surface area contributed by atoms with E-state index < -0.39 is 17.5 Å². The van der Waals surface area contributed by atoms with Crippen molar-refractivity contribution in [2.24, 2.45) is 11.8 Å². The largest absolute Gasteiger partial charge is 0.452 e. The van der Waals surface area contributed by atoms with Crippen molar-refractivity contribution in [1.82, 2.24) is 5.32 Å². The molecule has 136 valence electrons. The Bertz CT molecular complexity index is 673. The summed E-state index contributed by atoms with van der Waals surface area (Å²) in [7, 11) is 0. The zero-order valence-corrected chi connectivity index (χ0v) is 14.8. The molecule has 1 aromatic carbocycles. The van der Waals surface area contributed by atoms with Crippen LogP contribution in [0.5, 0.6) is 0 Å². The van der Waals surface area contributed by atoms with Crippen LogP contribution in [0.15, 0.2) is 18.2 Å². The monoisotopic (exact) mass is 348 g/mol. The third-order valence-corrected chi connectivity index (χ3v) is 5.11. The number of hydrogen-bond acceptors (Lipinski definition) is 5. The molecular formula is C18H24N2O5. The van der Waals surface area contributed by atoms with E-state index in [2.05, 4.69) is 19.2 Å². The van der Waals surface area contributed by atoms with Gasteiger partial charge < -0.3 is 10.1 Å². The van der Waals surface area contributed by atoms with Gasteiger partial charge in [0, 0.05) is 17.7 Å². The first-order valence-electron chi connectivity index (χ1n) is 8.51. The second kappa shape index (κ2) is 8.09. The van der Waals surface area contributed by atoms with Gasteiger partial charge in [0.05, 0.1) is 10.5 Å². The van der Waals surface area contributed by atoms with E-state index in [1.165, 1.54) is 25.1 Å². The number of rotatable bonds is 5. The maximum Gasteiger partial charge on any atom is 0.339 e. The van der Waals surface area contributed by atoms with Crippen LogP contribution in [0.1, 0.15) is 49.0 Å². The van der Waals surface area contributed by atoms with Crippen molar-refractivity contribution >= 4 is 17.6 Å². The van der Waals surface area contributed by atoms with Crippen molar-refractivity contribution in [2.75, 3.05) is 6.61 Å². The molecule has 0 aliphatic heterocycles. The quantitative estimate of drug-likeness (QED) is 0.501. The molecule has 1 aromatic rings. The highest BCUT2D eigenvalue weighted by Gasteiger charge is 2.28. The first kappa shape index (κ1) is 18.9. The van der Waals surface area contributed by atoms with Crippen LogP contribution in [-0.2, 0) is 9.53 Å². The van der Waals surface area contributed by atoms with Crippen LogP contribution in [-0.4, -0.2) is 29.4 Å². The lowest BCUT2D eigenvalue weighted by Crippen LogP contribution is -2.45. The Morgan fingerprint density at radius 1 is 1.32 bits per heavy atom. The molecule has 1 aliphatic rings. The van der Waals surface area contributed by atoms with Crippen LogP contribution >= 0.6 is 0 Å². The standard InChI is InChI=1S/C18H24N2O5/c1-11-6-4-8-15(12(11)2)19-17(21)10-25-18(22)14-7-5-9-16(13(14)3)20(23)24/h5,7,9,11-12,15H,4,6,8,10H2,1-3H3,(H,19,21)/t11-,12-,15+/m0/s1. The zero-order chi connectivity index (χ0) is 18.6. The van der Waals surface area contributed by atoms with Gasteiger partial charge in [-0.2, -0.15) is 0 Å². The molecule has 1 saturated carbocycles. The van der Waals surface area contributed by atoms with Gasteiger partial charge in [0.15, 0.2) is 6.61 Å². The van der Waals surface area contributed by atoms with Gasteiger partial charge in [-0.1, -0.05) is 32.8 Å². The molecule has 0 aromatic heterocycles. The molecular weight excluding hydrogens is 324 g/mol. The molecule has 25 heavy (non-hydrogen) atoms. The van der Waals surface area contributed by atoms with Gasteiger partial charge in [-0.3, -0.25) is 14.9 Å². The van der Waals surface area contributed by atoms with Crippen LogP contribution in [0.2, 0.25) is 0 Å². The molecule has 0 bridgehead atoms. The third-order valence-electron chi connectivity index (χ3n) is 5.11. The number of nitrogens with zero attached hydrogens (tertiary/aromatic N) is 1. The minimum Gasteiger partial charge on any atom is -0.452 e. The summed E-state index contributed by atoms with van der Waals surface area (Å²) in [4.78, 5) is 34.6. The lowest BCUT2D eigenvalue weighted by atomic mass is 9.78. The van der Waals surface area contributed by atoms with Crippen molar-refractivity contribution in [3.8, 4) is 0 Å². The second-order valence-corrected chi connectivity index (χ2v) is 6.72. The molecule has 1 fully saturated rings.